The van der Waals surface area contributed by atoms with Crippen molar-refractivity contribution in [2.75, 3.05) is 26.7 Å². The van der Waals surface area contributed by atoms with Gasteiger partial charge in [0.1, 0.15) is 0 Å². The lowest BCUT2D eigenvalue weighted by Crippen LogP contribution is -2.44. The number of halogens is 1. The maximum atomic E-state index is 5.64. The summed E-state index contributed by atoms with van der Waals surface area (Å²) in [6.07, 6.45) is 2.26. The standard InChI is InChI=1S/C19H20N4O.ClH/c1-23-10-9-20-11-16(23)18-21-19(24-22-18)15-8-7-13-6-5-12-3-2-4-14(15)17(12)13;/h2-4,7-8,16,20H,5-6,9-11H2,1H3;1H. The van der Waals surface area contributed by atoms with Gasteiger partial charge >= 0.3 is 0 Å². The van der Waals surface area contributed by atoms with Crippen molar-refractivity contribution in [2.24, 2.45) is 0 Å². The number of aromatic nitrogens is 2. The molecule has 2 aromatic carbocycles. The number of hydrogen-bond donors (Lipinski definition) is 1. The molecule has 130 valence electrons. The zero-order valence-corrected chi connectivity index (χ0v) is 15.0. The van der Waals surface area contributed by atoms with Crippen LogP contribution in [0.4, 0.5) is 0 Å². The summed E-state index contributed by atoms with van der Waals surface area (Å²) in [4.78, 5) is 7.00. The number of rotatable bonds is 2. The summed E-state index contributed by atoms with van der Waals surface area (Å²) < 4.78 is 5.64. The summed E-state index contributed by atoms with van der Waals surface area (Å²) in [6, 6.07) is 11.0. The Labute approximate surface area is 152 Å². The van der Waals surface area contributed by atoms with Gasteiger partial charge in [-0.2, -0.15) is 4.98 Å². The highest BCUT2D eigenvalue weighted by molar-refractivity contribution is 5.99. The topological polar surface area (TPSA) is 54.2 Å². The Balaban J connectivity index is 0.00000157. The molecule has 6 heteroatoms. The van der Waals surface area contributed by atoms with E-state index in [1.165, 1.54) is 21.9 Å². The number of aryl methyl sites for hydroxylation is 2. The molecule has 1 aromatic heterocycles. The molecule has 1 fully saturated rings. The minimum Gasteiger partial charge on any atom is -0.334 e. The molecule has 0 bridgehead atoms. The van der Waals surface area contributed by atoms with Gasteiger partial charge in [0.25, 0.3) is 5.89 Å². The molecule has 1 aliphatic carbocycles. The van der Waals surface area contributed by atoms with Crippen LogP contribution >= 0.6 is 12.4 Å². The fourth-order valence-electron chi connectivity index (χ4n) is 4.01. The molecule has 1 N–H and O–H groups in total. The van der Waals surface area contributed by atoms with E-state index in [1.807, 2.05) is 0 Å². The first-order chi connectivity index (χ1) is 11.8. The van der Waals surface area contributed by atoms with Crippen LogP contribution in [0.25, 0.3) is 22.2 Å². The highest BCUT2D eigenvalue weighted by atomic mass is 35.5. The van der Waals surface area contributed by atoms with Crippen molar-refractivity contribution in [2.45, 2.75) is 18.9 Å². The van der Waals surface area contributed by atoms with Crippen molar-refractivity contribution >= 4 is 23.2 Å². The van der Waals surface area contributed by atoms with Crippen molar-refractivity contribution in [1.29, 1.82) is 0 Å². The molecule has 0 amide bonds. The number of hydrogen-bond acceptors (Lipinski definition) is 5. The first kappa shape index (κ1) is 16.5. The van der Waals surface area contributed by atoms with Gasteiger partial charge in [0.05, 0.1) is 6.04 Å². The number of nitrogens with one attached hydrogen (secondary N) is 1. The van der Waals surface area contributed by atoms with Crippen LogP contribution < -0.4 is 5.32 Å². The van der Waals surface area contributed by atoms with Crippen molar-refractivity contribution in [3.05, 3.63) is 47.3 Å². The van der Waals surface area contributed by atoms with E-state index in [9.17, 15) is 0 Å². The molecule has 1 atom stereocenters. The fraction of sp³-hybridized carbons (Fsp3) is 0.368. The van der Waals surface area contributed by atoms with Crippen molar-refractivity contribution in [1.82, 2.24) is 20.4 Å². The molecule has 5 rings (SSSR count). The number of nitrogens with zero attached hydrogens (tertiary/aromatic N) is 3. The van der Waals surface area contributed by atoms with E-state index in [4.69, 9.17) is 9.51 Å². The van der Waals surface area contributed by atoms with E-state index >= 15 is 0 Å². The third-order valence-corrected chi connectivity index (χ3v) is 5.36. The summed E-state index contributed by atoms with van der Waals surface area (Å²) in [5.41, 5.74) is 3.91. The zero-order chi connectivity index (χ0) is 16.1. The van der Waals surface area contributed by atoms with Gasteiger partial charge in [-0.1, -0.05) is 29.4 Å². The average molecular weight is 357 g/mol. The highest BCUT2D eigenvalue weighted by Gasteiger charge is 2.26. The molecule has 5 nitrogen and oxygen atoms in total. The van der Waals surface area contributed by atoms with Gasteiger partial charge < -0.3 is 9.84 Å². The van der Waals surface area contributed by atoms with Gasteiger partial charge in [-0.3, -0.25) is 4.90 Å². The lowest BCUT2D eigenvalue weighted by molar-refractivity contribution is 0.190. The second-order valence-electron chi connectivity index (χ2n) is 6.77. The van der Waals surface area contributed by atoms with E-state index in [0.717, 1.165) is 43.9 Å². The fourth-order valence-corrected chi connectivity index (χ4v) is 4.01. The molecule has 2 aliphatic rings. The molecular weight excluding hydrogens is 336 g/mol. The quantitative estimate of drug-likeness (QED) is 0.765. The van der Waals surface area contributed by atoms with Crippen LogP contribution in [0.5, 0.6) is 0 Å². The molecule has 25 heavy (non-hydrogen) atoms. The molecule has 1 saturated heterocycles. The maximum absolute atomic E-state index is 5.64. The van der Waals surface area contributed by atoms with Crippen molar-refractivity contribution in [3.8, 4) is 11.5 Å². The van der Waals surface area contributed by atoms with Gasteiger partial charge in [0.2, 0.25) is 0 Å². The van der Waals surface area contributed by atoms with E-state index in [0.29, 0.717) is 5.89 Å². The molecule has 3 aromatic rings. The van der Waals surface area contributed by atoms with E-state index < -0.39 is 0 Å². The highest BCUT2D eigenvalue weighted by Crippen LogP contribution is 2.36. The van der Waals surface area contributed by atoms with Gasteiger partial charge in [-0.15, -0.1) is 12.4 Å². The molecule has 0 saturated carbocycles. The molecule has 1 aliphatic heterocycles. The van der Waals surface area contributed by atoms with Crippen molar-refractivity contribution in [3.63, 3.8) is 0 Å². The van der Waals surface area contributed by atoms with Crippen LogP contribution in [0.15, 0.2) is 34.9 Å². The normalized spacial score (nSPS) is 20.0. The summed E-state index contributed by atoms with van der Waals surface area (Å²) in [6.45, 7) is 2.86. The second kappa shape index (κ2) is 6.41. The summed E-state index contributed by atoms with van der Waals surface area (Å²) >= 11 is 0. The molecule has 1 unspecified atom stereocenters. The zero-order valence-electron chi connectivity index (χ0n) is 14.2. The molecule has 0 radical (unpaired) electrons. The Kier molecular flexibility index (Phi) is 4.23. The minimum atomic E-state index is 0. The Morgan fingerprint density at radius 1 is 1.16 bits per heavy atom. The summed E-state index contributed by atoms with van der Waals surface area (Å²) in [7, 11) is 2.11. The third-order valence-electron chi connectivity index (χ3n) is 5.36. The van der Waals surface area contributed by atoms with E-state index in [-0.39, 0.29) is 18.4 Å². The average Bonchev–Trinajstić information content (AvgIpc) is 3.25. The van der Waals surface area contributed by atoms with E-state index in [1.54, 1.807) is 0 Å². The lowest BCUT2D eigenvalue weighted by atomic mass is 10.00. The van der Waals surface area contributed by atoms with Crippen LogP contribution in [0, 0.1) is 0 Å². The van der Waals surface area contributed by atoms with Crippen LogP contribution in [0.3, 0.4) is 0 Å². The SMILES string of the molecule is CN1CCNCC1c1noc(-c2ccc3c4c(cccc24)CC3)n1.Cl. The number of likely N-dealkylation sites (N-methyl/N-ethyl adjacent to an activating group) is 1. The molecule has 0 spiro atoms. The smallest absolute Gasteiger partial charge is 0.258 e. The predicted molar refractivity (Wildman–Crippen MR) is 100 cm³/mol. The second-order valence-corrected chi connectivity index (χ2v) is 6.77. The summed E-state index contributed by atoms with van der Waals surface area (Å²) in [5, 5.41) is 10.3. The predicted octanol–water partition coefficient (Wildman–Crippen LogP) is 2.99. The Bertz CT molecular complexity index is 913. The molecular formula is C19H21ClN4O. The first-order valence-corrected chi connectivity index (χ1v) is 8.59. The maximum Gasteiger partial charge on any atom is 0.258 e. The lowest BCUT2D eigenvalue weighted by Gasteiger charge is -2.30. The monoisotopic (exact) mass is 356 g/mol. The van der Waals surface area contributed by atoms with Crippen LogP contribution in [0.1, 0.15) is 23.0 Å². The van der Waals surface area contributed by atoms with Crippen molar-refractivity contribution < 1.29 is 4.52 Å². The Hall–Kier alpha value is -1.95. The van der Waals surface area contributed by atoms with Crippen LogP contribution in [-0.4, -0.2) is 41.7 Å². The Morgan fingerprint density at radius 3 is 2.84 bits per heavy atom. The summed E-state index contributed by atoms with van der Waals surface area (Å²) in [5.74, 6) is 1.39. The first-order valence-electron chi connectivity index (χ1n) is 8.59. The third kappa shape index (κ3) is 2.63. The van der Waals surface area contributed by atoms with Gasteiger partial charge in [0.15, 0.2) is 5.82 Å². The van der Waals surface area contributed by atoms with Gasteiger partial charge in [0, 0.05) is 25.2 Å². The van der Waals surface area contributed by atoms with Crippen LogP contribution in [0.2, 0.25) is 0 Å². The van der Waals surface area contributed by atoms with E-state index in [2.05, 4.69) is 52.8 Å². The number of benzene rings is 2. The number of piperazine rings is 1. The minimum absolute atomic E-state index is 0. The van der Waals surface area contributed by atoms with Gasteiger partial charge in [-0.05, 0) is 47.9 Å². The van der Waals surface area contributed by atoms with Crippen LogP contribution in [-0.2, 0) is 12.8 Å². The largest absolute Gasteiger partial charge is 0.334 e. The van der Waals surface area contributed by atoms with Gasteiger partial charge in [-0.25, -0.2) is 0 Å². The Morgan fingerprint density at radius 2 is 2.00 bits per heavy atom. The molecule has 2 heterocycles.